The zero-order valence-corrected chi connectivity index (χ0v) is 36.8. The van der Waals surface area contributed by atoms with E-state index in [2.05, 4.69) is 23.7 Å². The highest BCUT2D eigenvalue weighted by atomic mass is 32.2. The predicted octanol–water partition coefficient (Wildman–Crippen LogP) is 10.8. The lowest BCUT2D eigenvalue weighted by molar-refractivity contribution is 0.143. The molecule has 0 unspecified atom stereocenters. The molecule has 0 atom stereocenters. The molecule has 0 radical (unpaired) electrons. The van der Waals surface area contributed by atoms with Crippen molar-refractivity contribution in [3.63, 3.8) is 0 Å². The van der Waals surface area contributed by atoms with E-state index in [0.717, 1.165) is 0 Å². The Kier molecular flexibility index (Phi) is 13.0. The van der Waals surface area contributed by atoms with Gasteiger partial charge in [-0.15, -0.1) is 0 Å². The van der Waals surface area contributed by atoms with Gasteiger partial charge in [-0.25, -0.2) is 16.8 Å². The molecule has 7 aromatic carbocycles. The molecule has 0 bridgehead atoms. The van der Waals surface area contributed by atoms with Crippen molar-refractivity contribution in [2.45, 2.75) is 58.5 Å². The number of aliphatic hydroxyl groups is 2. The molecule has 0 fully saturated rings. The third-order valence-corrected chi connectivity index (χ3v) is 12.6. The number of rotatable bonds is 12. The van der Waals surface area contributed by atoms with Crippen LogP contribution in [0.15, 0.2) is 189 Å². The second kappa shape index (κ2) is 18.6. The summed E-state index contributed by atoms with van der Waals surface area (Å²) in [7, 11) is -7.68. The molecule has 0 heterocycles. The van der Waals surface area contributed by atoms with Gasteiger partial charge in [0.05, 0.1) is 19.6 Å². The largest absolute Gasteiger partial charge is 0.457 e. The van der Waals surface area contributed by atoms with Gasteiger partial charge in [0.25, 0.3) is 0 Å². The molecule has 0 aromatic heterocycles. The normalized spacial score (nSPS) is 11.6. The first-order valence-electron chi connectivity index (χ1n) is 19.8. The van der Waals surface area contributed by atoms with Crippen LogP contribution in [0, 0.1) is 23.7 Å². The lowest BCUT2D eigenvalue weighted by Crippen LogP contribution is -2.14. The molecule has 7 aromatic rings. The minimum absolute atomic E-state index is 0.0893. The number of sulfone groups is 2. The Labute approximate surface area is 373 Å². The fourth-order valence-corrected chi connectivity index (χ4v) is 8.39. The Morgan fingerprint density at radius 3 is 0.844 bits per heavy atom. The Hall–Kier alpha value is -7.32. The monoisotopic (exact) mass is 890 g/mol. The molecule has 0 aliphatic rings. The molecule has 64 heavy (non-hydrogen) atoms. The van der Waals surface area contributed by atoms with Gasteiger partial charge < -0.3 is 29.2 Å². The Bertz CT molecular complexity index is 2890. The lowest BCUT2D eigenvalue weighted by Gasteiger charge is -2.11. The van der Waals surface area contributed by atoms with Crippen LogP contribution in [0.25, 0.3) is 0 Å². The molecule has 322 valence electrons. The van der Waals surface area contributed by atoms with E-state index < -0.39 is 30.9 Å². The summed E-state index contributed by atoms with van der Waals surface area (Å²) in [4.78, 5) is 0.368. The third-order valence-electron chi connectivity index (χ3n) is 9.00. The van der Waals surface area contributed by atoms with E-state index in [0.29, 0.717) is 57.1 Å². The minimum atomic E-state index is -3.84. The van der Waals surface area contributed by atoms with E-state index in [1.165, 1.54) is 48.5 Å². The topological polar surface area (TPSA) is 146 Å². The van der Waals surface area contributed by atoms with E-state index >= 15 is 0 Å². The molecular formula is C52H42O10S2. The van der Waals surface area contributed by atoms with Gasteiger partial charge in [-0.2, -0.15) is 0 Å². The average Bonchev–Trinajstić information content (AvgIpc) is 3.26. The van der Waals surface area contributed by atoms with Crippen molar-refractivity contribution in [1.82, 2.24) is 0 Å². The van der Waals surface area contributed by atoms with Gasteiger partial charge >= 0.3 is 0 Å². The van der Waals surface area contributed by atoms with Crippen LogP contribution in [-0.4, -0.2) is 38.3 Å². The summed E-state index contributed by atoms with van der Waals surface area (Å²) in [6.45, 7) is 6.40. The van der Waals surface area contributed by atoms with Crippen LogP contribution in [0.5, 0.6) is 46.0 Å². The summed E-state index contributed by atoms with van der Waals surface area (Å²) in [6.07, 6.45) is 0. The lowest BCUT2D eigenvalue weighted by atomic mass is 10.1. The zero-order chi connectivity index (χ0) is 45.5. The first-order valence-corrected chi connectivity index (χ1v) is 22.8. The van der Waals surface area contributed by atoms with Crippen molar-refractivity contribution in [2.75, 3.05) is 0 Å². The van der Waals surface area contributed by atoms with Crippen molar-refractivity contribution in [3.05, 3.63) is 181 Å². The highest BCUT2D eigenvalue weighted by molar-refractivity contribution is 7.91. The van der Waals surface area contributed by atoms with E-state index in [9.17, 15) is 27.0 Å². The van der Waals surface area contributed by atoms with E-state index in [1.807, 2.05) is 0 Å². The molecule has 7 rings (SSSR count). The quantitative estimate of drug-likeness (QED) is 0.114. The maximum atomic E-state index is 13.4. The highest BCUT2D eigenvalue weighted by Crippen LogP contribution is 2.32. The Morgan fingerprint density at radius 1 is 0.359 bits per heavy atom. The summed E-state index contributed by atoms with van der Waals surface area (Å²) < 4.78 is 77.4. The Balaban J connectivity index is 0.918. The van der Waals surface area contributed by atoms with Crippen molar-refractivity contribution >= 4 is 19.7 Å². The summed E-state index contributed by atoms with van der Waals surface area (Å²) >= 11 is 0. The highest BCUT2D eigenvalue weighted by Gasteiger charge is 2.20. The molecule has 0 amide bonds. The minimum Gasteiger partial charge on any atom is -0.457 e. The van der Waals surface area contributed by atoms with Crippen LogP contribution in [0.2, 0.25) is 0 Å². The van der Waals surface area contributed by atoms with Crippen molar-refractivity contribution < 1.29 is 46.0 Å². The van der Waals surface area contributed by atoms with Crippen LogP contribution < -0.4 is 18.9 Å². The summed E-state index contributed by atoms with van der Waals surface area (Å²) in [5.74, 6) is 15.1. The fourth-order valence-electron chi connectivity index (χ4n) is 5.86. The van der Waals surface area contributed by atoms with Gasteiger partial charge in [0.15, 0.2) is 0 Å². The van der Waals surface area contributed by atoms with Gasteiger partial charge in [0, 0.05) is 11.1 Å². The Morgan fingerprint density at radius 2 is 0.594 bits per heavy atom. The van der Waals surface area contributed by atoms with Crippen molar-refractivity contribution in [3.8, 4) is 69.7 Å². The summed E-state index contributed by atoms with van der Waals surface area (Å²) in [5, 5.41) is 19.8. The molecule has 2 N–H and O–H groups in total. The van der Waals surface area contributed by atoms with Crippen molar-refractivity contribution in [2.24, 2.45) is 0 Å². The fraction of sp³-hybridized carbons (Fsp3) is 0.115. The maximum Gasteiger partial charge on any atom is 0.206 e. The summed E-state index contributed by atoms with van der Waals surface area (Å²) in [5.41, 5.74) is -0.931. The zero-order valence-electron chi connectivity index (χ0n) is 35.1. The molecule has 12 heteroatoms. The molecule has 10 nitrogen and oxygen atoms in total. The van der Waals surface area contributed by atoms with Crippen LogP contribution in [0.1, 0.15) is 38.8 Å². The number of ether oxygens (including phenoxy) is 4. The number of hydrogen-bond donors (Lipinski definition) is 2. The van der Waals surface area contributed by atoms with Crippen LogP contribution in [0.4, 0.5) is 0 Å². The van der Waals surface area contributed by atoms with Gasteiger partial charge in [0.1, 0.15) is 57.2 Å². The van der Waals surface area contributed by atoms with Gasteiger partial charge in [0.2, 0.25) is 19.7 Å². The molecule has 0 aliphatic heterocycles. The van der Waals surface area contributed by atoms with Gasteiger partial charge in [-0.05, 0) is 185 Å². The molecular weight excluding hydrogens is 849 g/mol. The second-order valence-electron chi connectivity index (χ2n) is 15.4. The molecule has 0 saturated carbocycles. The average molecular weight is 891 g/mol. The SMILES string of the molecule is CC(C)(O)C#Cc1cccc(Oc2ccc(S(=O)(=O)c3ccc(Oc4ccc(Oc5ccc(S(=O)(=O)c6ccc(Oc7cccc(C#CC(C)(C)O)c7)cc6)cc5)cc4)cc3)cc2)c1. The van der Waals surface area contributed by atoms with Gasteiger partial charge in [-0.3, -0.25) is 0 Å². The van der Waals surface area contributed by atoms with Crippen LogP contribution >= 0.6 is 0 Å². The predicted molar refractivity (Wildman–Crippen MR) is 243 cm³/mol. The number of hydrogen-bond acceptors (Lipinski definition) is 10. The third kappa shape index (κ3) is 12.0. The maximum absolute atomic E-state index is 13.4. The van der Waals surface area contributed by atoms with Gasteiger partial charge in [-0.1, -0.05) is 35.8 Å². The first kappa shape index (κ1) is 44.7. The first-order chi connectivity index (χ1) is 30.4. The van der Waals surface area contributed by atoms with Crippen LogP contribution in [-0.2, 0) is 19.7 Å². The smallest absolute Gasteiger partial charge is 0.206 e. The second-order valence-corrected chi connectivity index (χ2v) is 19.3. The van der Waals surface area contributed by atoms with E-state index in [1.54, 1.807) is 149 Å². The van der Waals surface area contributed by atoms with Crippen LogP contribution in [0.3, 0.4) is 0 Å². The molecule has 0 aliphatic carbocycles. The molecule has 0 saturated heterocycles. The number of benzene rings is 7. The molecule has 0 spiro atoms. The van der Waals surface area contributed by atoms with E-state index in [-0.39, 0.29) is 19.6 Å². The standard InChI is InChI=1S/C52H42O10S2/c1-51(2,53)33-31-37-7-5-9-45(35-37)61-43-19-27-49(28-20-43)63(55,56)47-23-15-41(16-24-47)59-39-11-13-40(14-12-39)60-42-17-25-48(26-18-42)64(57,58)50-29-21-44(22-30-50)62-46-10-6-8-38(36-46)32-34-52(3,4)54/h5-30,35-36,53-54H,1-4H3. The summed E-state index contributed by atoms with van der Waals surface area (Å²) in [6, 6.07) is 45.3. The van der Waals surface area contributed by atoms with E-state index in [4.69, 9.17) is 18.9 Å². The van der Waals surface area contributed by atoms with Crippen molar-refractivity contribution in [1.29, 1.82) is 0 Å².